The number of nitrogens with zero attached hydrogens (tertiary/aromatic N) is 2. The first-order chi connectivity index (χ1) is 8.78. The lowest BCUT2D eigenvalue weighted by atomic mass is 10.3. The minimum atomic E-state index is -0.119. The quantitative estimate of drug-likeness (QED) is 0.450. The molecular weight excluding hydrogens is 270 g/mol. The summed E-state index contributed by atoms with van der Waals surface area (Å²) < 4.78 is 5.83. The van der Waals surface area contributed by atoms with Crippen LogP contribution >= 0.6 is 23.1 Å². The average Bonchev–Trinajstić information content (AvgIpc) is 3.04. The van der Waals surface area contributed by atoms with Crippen LogP contribution in [0.25, 0.3) is 0 Å². The van der Waals surface area contributed by atoms with Crippen molar-refractivity contribution in [2.75, 3.05) is 17.7 Å². The first kappa shape index (κ1) is 13.6. The molecule has 18 heavy (non-hydrogen) atoms. The lowest BCUT2D eigenvalue weighted by molar-refractivity contribution is -0.143. The Morgan fingerprint density at radius 1 is 1.56 bits per heavy atom. The molecule has 0 amide bonds. The topological polar surface area (TPSA) is 64.1 Å². The second-order valence-corrected chi connectivity index (χ2v) is 6.37. The lowest BCUT2D eigenvalue weighted by Gasteiger charge is -2.00. The van der Waals surface area contributed by atoms with Crippen LogP contribution in [0.4, 0.5) is 5.13 Å². The highest BCUT2D eigenvalue weighted by molar-refractivity contribution is 8.01. The number of nitrogens with one attached hydrogen (secondary N) is 1. The van der Waals surface area contributed by atoms with E-state index in [0.29, 0.717) is 19.1 Å². The Balaban J connectivity index is 1.60. The third-order valence-electron chi connectivity index (χ3n) is 2.37. The maximum atomic E-state index is 11.1. The summed E-state index contributed by atoms with van der Waals surface area (Å²) in [5, 5.41) is 12.4. The molecule has 0 aromatic carbocycles. The Morgan fingerprint density at radius 2 is 2.39 bits per heavy atom. The minimum absolute atomic E-state index is 0.119. The molecule has 1 N–H and O–H groups in total. The Labute approximate surface area is 115 Å². The molecule has 0 unspecified atom stereocenters. The smallest absolute Gasteiger partial charge is 0.305 e. The van der Waals surface area contributed by atoms with Gasteiger partial charge in [0.1, 0.15) is 0 Å². The van der Waals surface area contributed by atoms with Crippen LogP contribution in [0.1, 0.15) is 32.6 Å². The second kappa shape index (κ2) is 6.94. The molecule has 0 spiro atoms. The molecule has 1 aromatic rings. The zero-order valence-electron chi connectivity index (χ0n) is 10.3. The van der Waals surface area contributed by atoms with E-state index in [1.54, 1.807) is 23.1 Å². The fourth-order valence-corrected chi connectivity index (χ4v) is 3.18. The van der Waals surface area contributed by atoms with Crippen molar-refractivity contribution in [3.63, 3.8) is 0 Å². The van der Waals surface area contributed by atoms with E-state index in [2.05, 4.69) is 15.5 Å². The Morgan fingerprint density at radius 3 is 3.11 bits per heavy atom. The third-order valence-corrected chi connectivity index (χ3v) is 4.44. The summed E-state index contributed by atoms with van der Waals surface area (Å²) in [6, 6.07) is 0.611. The van der Waals surface area contributed by atoms with Crippen molar-refractivity contribution >= 4 is 34.2 Å². The molecule has 1 fully saturated rings. The van der Waals surface area contributed by atoms with Crippen molar-refractivity contribution in [2.24, 2.45) is 0 Å². The normalized spacial score (nSPS) is 14.5. The number of thioether (sulfide) groups is 1. The van der Waals surface area contributed by atoms with Gasteiger partial charge in [0.25, 0.3) is 0 Å². The summed E-state index contributed by atoms with van der Waals surface area (Å²) >= 11 is 3.23. The van der Waals surface area contributed by atoms with Crippen molar-refractivity contribution < 1.29 is 9.53 Å². The van der Waals surface area contributed by atoms with Gasteiger partial charge in [-0.3, -0.25) is 4.79 Å². The van der Waals surface area contributed by atoms with Gasteiger partial charge in [0, 0.05) is 18.2 Å². The number of aromatic nitrogens is 2. The highest BCUT2D eigenvalue weighted by Gasteiger charge is 2.22. The molecule has 1 aromatic heterocycles. The molecule has 5 nitrogen and oxygen atoms in total. The fraction of sp³-hybridized carbons (Fsp3) is 0.727. The molecule has 7 heteroatoms. The molecule has 0 aliphatic heterocycles. The number of carbonyl (C=O) groups is 1. The molecule has 100 valence electrons. The lowest BCUT2D eigenvalue weighted by Crippen LogP contribution is -2.03. The zero-order valence-corrected chi connectivity index (χ0v) is 12.0. The van der Waals surface area contributed by atoms with Crippen LogP contribution in [-0.2, 0) is 9.53 Å². The maximum absolute atomic E-state index is 11.1. The number of hydrogen-bond acceptors (Lipinski definition) is 7. The molecule has 1 saturated carbocycles. The molecule has 0 atom stereocenters. The highest BCUT2D eigenvalue weighted by atomic mass is 32.2. The van der Waals surface area contributed by atoms with Gasteiger partial charge < -0.3 is 10.1 Å². The number of hydrogen-bond donors (Lipinski definition) is 1. The summed E-state index contributed by atoms with van der Waals surface area (Å²) in [4.78, 5) is 11.1. The van der Waals surface area contributed by atoms with Crippen molar-refractivity contribution in [3.05, 3.63) is 0 Å². The monoisotopic (exact) mass is 287 g/mol. The van der Waals surface area contributed by atoms with Crippen molar-refractivity contribution in [2.45, 2.75) is 43.0 Å². The standard InChI is InChI=1S/C11H17N3O2S2/c1-2-16-9(15)4-3-7-17-11-14-13-10(18-11)12-8-5-6-8/h8H,2-7H2,1H3,(H,12,13). The van der Waals surface area contributed by atoms with Gasteiger partial charge in [-0.15, -0.1) is 10.2 Å². The van der Waals surface area contributed by atoms with Crippen LogP contribution in [-0.4, -0.2) is 34.6 Å². The maximum Gasteiger partial charge on any atom is 0.305 e. The molecule has 1 aliphatic rings. The Hall–Kier alpha value is -0.820. The molecule has 1 aliphatic carbocycles. The van der Waals surface area contributed by atoms with Gasteiger partial charge in [-0.1, -0.05) is 23.1 Å². The fourth-order valence-electron chi connectivity index (χ4n) is 1.34. The third kappa shape index (κ3) is 4.81. The van der Waals surface area contributed by atoms with E-state index in [1.165, 1.54) is 12.8 Å². The van der Waals surface area contributed by atoms with Crippen LogP contribution in [0, 0.1) is 0 Å². The predicted octanol–water partition coefficient (Wildman–Crippen LogP) is 2.55. The van der Waals surface area contributed by atoms with Crippen LogP contribution in [0.15, 0.2) is 4.34 Å². The van der Waals surface area contributed by atoms with E-state index in [4.69, 9.17) is 4.74 Å². The van der Waals surface area contributed by atoms with Crippen molar-refractivity contribution in [1.82, 2.24) is 10.2 Å². The second-order valence-electron chi connectivity index (χ2n) is 4.05. The van der Waals surface area contributed by atoms with Gasteiger partial charge in [0.15, 0.2) is 4.34 Å². The molecular formula is C11H17N3O2S2. The first-order valence-corrected chi connectivity index (χ1v) is 7.96. The van der Waals surface area contributed by atoms with E-state index in [0.717, 1.165) is 21.6 Å². The highest BCUT2D eigenvalue weighted by Crippen LogP contribution is 2.30. The van der Waals surface area contributed by atoms with Gasteiger partial charge in [-0.25, -0.2) is 0 Å². The van der Waals surface area contributed by atoms with Gasteiger partial charge in [-0.05, 0) is 26.2 Å². The number of anilines is 1. The number of rotatable bonds is 8. The summed E-state index contributed by atoms with van der Waals surface area (Å²) in [5.74, 6) is 0.753. The van der Waals surface area contributed by atoms with Crippen LogP contribution in [0.5, 0.6) is 0 Å². The van der Waals surface area contributed by atoms with E-state index in [-0.39, 0.29) is 5.97 Å². The Kier molecular flexibility index (Phi) is 5.25. The van der Waals surface area contributed by atoms with E-state index < -0.39 is 0 Å². The molecule has 0 radical (unpaired) electrons. The molecule has 0 saturated heterocycles. The van der Waals surface area contributed by atoms with Gasteiger partial charge in [-0.2, -0.15) is 0 Å². The first-order valence-electron chi connectivity index (χ1n) is 6.16. The van der Waals surface area contributed by atoms with E-state index in [9.17, 15) is 4.79 Å². The van der Waals surface area contributed by atoms with Crippen molar-refractivity contribution in [1.29, 1.82) is 0 Å². The van der Waals surface area contributed by atoms with Gasteiger partial charge in [0.05, 0.1) is 6.61 Å². The van der Waals surface area contributed by atoms with Gasteiger partial charge in [0.2, 0.25) is 5.13 Å². The van der Waals surface area contributed by atoms with Crippen molar-refractivity contribution in [3.8, 4) is 0 Å². The van der Waals surface area contributed by atoms with Crippen LogP contribution < -0.4 is 5.32 Å². The molecule has 0 bridgehead atoms. The average molecular weight is 287 g/mol. The number of esters is 1. The van der Waals surface area contributed by atoms with E-state index >= 15 is 0 Å². The van der Waals surface area contributed by atoms with E-state index in [1.807, 2.05) is 6.92 Å². The van der Waals surface area contributed by atoms with Crippen LogP contribution in [0.3, 0.4) is 0 Å². The largest absolute Gasteiger partial charge is 0.466 e. The zero-order chi connectivity index (χ0) is 12.8. The summed E-state index contributed by atoms with van der Waals surface area (Å²) in [5.41, 5.74) is 0. The predicted molar refractivity (Wildman–Crippen MR) is 73.1 cm³/mol. The summed E-state index contributed by atoms with van der Waals surface area (Å²) in [6.07, 6.45) is 3.77. The number of carbonyl (C=O) groups excluding carboxylic acids is 1. The molecule has 1 heterocycles. The van der Waals surface area contributed by atoms with Gasteiger partial charge >= 0.3 is 5.97 Å². The number of ether oxygens (including phenoxy) is 1. The Bertz CT molecular complexity index is 393. The van der Waals surface area contributed by atoms with Crippen LogP contribution in [0.2, 0.25) is 0 Å². The summed E-state index contributed by atoms with van der Waals surface area (Å²) in [6.45, 7) is 2.28. The SMILES string of the molecule is CCOC(=O)CCCSc1nnc(NC2CC2)s1. The minimum Gasteiger partial charge on any atom is -0.466 e. The summed E-state index contributed by atoms with van der Waals surface area (Å²) in [7, 11) is 0. The molecule has 2 rings (SSSR count).